The number of benzene rings is 1. The van der Waals surface area contributed by atoms with Crippen molar-refractivity contribution in [2.24, 2.45) is 0 Å². The Kier molecular flexibility index (Phi) is 15.2. The smallest absolute Gasteiger partial charge is 0.205 e. The van der Waals surface area contributed by atoms with Crippen molar-refractivity contribution < 1.29 is 14.2 Å². The van der Waals surface area contributed by atoms with Gasteiger partial charge in [0.2, 0.25) is 5.75 Å². The highest BCUT2D eigenvalue weighted by molar-refractivity contribution is 7.59. The third-order valence-electron chi connectivity index (χ3n) is 3.24. The molecule has 0 spiro atoms. The Hall–Kier alpha value is 0.127. The van der Waals surface area contributed by atoms with Crippen LogP contribution in [0.3, 0.4) is 0 Å². The van der Waals surface area contributed by atoms with Gasteiger partial charge in [-0.1, -0.05) is 13.3 Å². The molecule has 4 nitrogen and oxygen atoms in total. The number of ether oxygens (including phenoxy) is 3. The molecule has 1 aromatic heterocycles. The van der Waals surface area contributed by atoms with Crippen molar-refractivity contribution in [2.45, 2.75) is 18.9 Å². The predicted octanol–water partition coefficient (Wildman–Crippen LogP) is 2.59. The quantitative estimate of drug-likeness (QED) is 0.680. The summed E-state index contributed by atoms with van der Waals surface area (Å²) in [4.78, 5) is 4.73. The maximum absolute atomic E-state index is 5.47. The fourth-order valence-corrected chi connectivity index (χ4v) is 3.55. The first-order chi connectivity index (χ1) is 9.15. The summed E-state index contributed by atoms with van der Waals surface area (Å²) in [6.45, 7) is 2.20. The lowest BCUT2D eigenvalue weighted by molar-refractivity contribution is 0.327. The van der Waals surface area contributed by atoms with E-state index in [-0.39, 0.29) is 54.0 Å². The molecule has 0 N–H and O–H groups in total. The molecule has 10 heteroatoms. The molecule has 1 heterocycles. The average Bonchev–Trinajstić information content (AvgIpc) is 2.87. The summed E-state index contributed by atoms with van der Waals surface area (Å²) in [7, 11) is 5.98. The van der Waals surface area contributed by atoms with Crippen molar-refractivity contribution in [1.82, 2.24) is 4.98 Å². The molecule has 0 aliphatic carbocycles. The first kappa shape index (κ1) is 28.0. The van der Waals surface area contributed by atoms with E-state index < -0.39 is 0 Å². The molecule has 0 saturated carbocycles. The second-order valence-electron chi connectivity index (χ2n) is 4.35. The van der Waals surface area contributed by atoms with Crippen LogP contribution in [0, 0.1) is 0 Å². The Labute approximate surface area is 172 Å². The summed E-state index contributed by atoms with van der Waals surface area (Å²) in [5.74, 6) is 1.95. The van der Waals surface area contributed by atoms with E-state index in [4.69, 9.17) is 19.2 Å². The summed E-state index contributed by atoms with van der Waals surface area (Å²) >= 11 is 1.72. The predicted molar refractivity (Wildman–Crippen MR) is 124 cm³/mol. The summed E-state index contributed by atoms with van der Waals surface area (Å²) < 4.78 is 17.3. The molecule has 2 rings (SSSR count). The van der Waals surface area contributed by atoms with Crippen LogP contribution >= 0.6 is 65.3 Å². The number of aromatic nitrogens is 1. The van der Waals surface area contributed by atoms with Crippen LogP contribution < -0.4 is 14.2 Å². The van der Waals surface area contributed by atoms with Crippen molar-refractivity contribution in [2.75, 3.05) is 21.3 Å². The zero-order valence-corrected chi connectivity index (χ0v) is 20.8. The van der Waals surface area contributed by atoms with E-state index in [0.717, 1.165) is 26.9 Å². The van der Waals surface area contributed by atoms with Crippen molar-refractivity contribution in [3.05, 3.63) is 11.1 Å². The molecular formula is C13H27NO3S5Si. The third kappa shape index (κ3) is 5.57. The second-order valence-corrected chi connectivity index (χ2v) is 6.81. The van der Waals surface area contributed by atoms with Gasteiger partial charge < -0.3 is 14.2 Å². The monoisotopic (exact) mass is 433 g/mol. The van der Waals surface area contributed by atoms with Crippen molar-refractivity contribution in [3.8, 4) is 17.2 Å². The van der Waals surface area contributed by atoms with E-state index >= 15 is 0 Å². The van der Waals surface area contributed by atoms with Gasteiger partial charge in [0, 0.05) is 16.3 Å². The number of methoxy groups -OCH3 is 3. The second kappa shape index (κ2) is 12.5. The van der Waals surface area contributed by atoms with E-state index in [0.29, 0.717) is 22.8 Å². The van der Waals surface area contributed by atoms with Gasteiger partial charge in [-0.25, -0.2) is 4.98 Å². The number of hydrogen-bond donors (Lipinski definition) is 0. The highest BCUT2D eigenvalue weighted by Gasteiger charge is 2.20. The molecule has 0 amide bonds. The van der Waals surface area contributed by atoms with E-state index in [1.54, 1.807) is 32.7 Å². The number of nitrogens with zero attached hydrogens (tertiary/aromatic N) is 1. The van der Waals surface area contributed by atoms with Crippen LogP contribution in [0.1, 0.15) is 23.9 Å². The van der Waals surface area contributed by atoms with Crippen LogP contribution in [0.15, 0.2) is 6.07 Å². The Bertz CT molecular complexity index is 596. The van der Waals surface area contributed by atoms with Crippen LogP contribution in [-0.4, -0.2) is 36.6 Å². The molecule has 0 radical (unpaired) electrons. The van der Waals surface area contributed by atoms with Gasteiger partial charge in [-0.3, -0.25) is 0 Å². The maximum atomic E-state index is 5.47. The minimum atomic E-state index is 0. The van der Waals surface area contributed by atoms with Crippen LogP contribution in [0.5, 0.6) is 17.2 Å². The molecule has 1 aromatic carbocycles. The average molecular weight is 434 g/mol. The molecule has 0 fully saturated rings. The van der Waals surface area contributed by atoms with Crippen molar-refractivity contribution in [3.63, 3.8) is 0 Å². The molecule has 1 atom stereocenters. The third-order valence-corrected chi connectivity index (χ3v) is 6.26. The topological polar surface area (TPSA) is 40.6 Å². The van der Waals surface area contributed by atoms with Gasteiger partial charge in [0.1, 0.15) is 5.52 Å². The van der Waals surface area contributed by atoms with Gasteiger partial charge in [-0.2, -0.15) is 54.0 Å². The lowest BCUT2D eigenvalue weighted by Crippen LogP contribution is -1.96. The summed E-state index contributed by atoms with van der Waals surface area (Å²) in [6.07, 6.45) is 1.13. The molecular weight excluding hydrogens is 407 g/mol. The molecule has 0 saturated heterocycles. The Morgan fingerprint density at radius 3 is 2.04 bits per heavy atom. The van der Waals surface area contributed by atoms with Crippen molar-refractivity contribution in [1.29, 1.82) is 0 Å². The molecule has 0 aliphatic rings. The number of rotatable bonds is 5. The fourth-order valence-electron chi connectivity index (χ4n) is 1.93. The molecule has 0 aliphatic heterocycles. The number of fused-ring (bicyclic) bond motifs is 1. The normalized spacial score (nSPS) is 10.4. The zero-order valence-electron chi connectivity index (χ0n) is 13.9. The van der Waals surface area contributed by atoms with Gasteiger partial charge in [0.05, 0.1) is 31.0 Å². The highest BCUT2D eigenvalue weighted by Crippen LogP contribution is 2.45. The van der Waals surface area contributed by atoms with Gasteiger partial charge in [-0.05, 0) is 5.54 Å². The van der Waals surface area contributed by atoms with Gasteiger partial charge >= 0.3 is 0 Å². The lowest BCUT2D eigenvalue weighted by Gasteiger charge is -2.11. The Morgan fingerprint density at radius 2 is 1.61 bits per heavy atom. The standard InChI is InChI=1S/C13H19NO3SSi.4H2S/c1-5-9(19)13-14-10-8(18-13)6-7(15-2)11(16-3)12(10)17-4;;;;/h6,9H,5H2,1-4,19H3;4*1H2. The first-order valence-electron chi connectivity index (χ1n) is 6.25. The van der Waals surface area contributed by atoms with E-state index in [2.05, 4.69) is 6.92 Å². The van der Waals surface area contributed by atoms with Crippen LogP contribution in [0.4, 0.5) is 0 Å². The van der Waals surface area contributed by atoms with Crippen LogP contribution in [0.25, 0.3) is 10.2 Å². The maximum Gasteiger partial charge on any atom is 0.205 e. The fraction of sp³-hybridized carbons (Fsp3) is 0.462. The van der Waals surface area contributed by atoms with E-state index in [9.17, 15) is 0 Å². The van der Waals surface area contributed by atoms with Crippen LogP contribution in [0.2, 0.25) is 0 Å². The molecule has 0 bridgehead atoms. The van der Waals surface area contributed by atoms with Gasteiger partial charge in [0.15, 0.2) is 11.5 Å². The molecule has 2 aromatic rings. The largest absolute Gasteiger partial charge is 0.493 e. The minimum absolute atomic E-state index is 0. The number of thiazole rings is 1. The molecule has 23 heavy (non-hydrogen) atoms. The minimum Gasteiger partial charge on any atom is -0.493 e. The SMILES string of the molecule is CCC([SiH3])c1nc2c(OC)c(OC)c(OC)cc2s1.S.S.S.S. The lowest BCUT2D eigenvalue weighted by atomic mass is 10.2. The Morgan fingerprint density at radius 1 is 1.04 bits per heavy atom. The van der Waals surface area contributed by atoms with E-state index in [1.165, 1.54) is 5.01 Å². The van der Waals surface area contributed by atoms with E-state index in [1.807, 2.05) is 6.07 Å². The number of hydrogen-bond acceptors (Lipinski definition) is 5. The zero-order chi connectivity index (χ0) is 14.0. The first-order valence-corrected chi connectivity index (χ1v) is 8.22. The summed E-state index contributed by atoms with van der Waals surface area (Å²) in [6, 6.07) is 1.97. The summed E-state index contributed by atoms with van der Waals surface area (Å²) in [5, 5.41) is 1.18. The van der Waals surface area contributed by atoms with Crippen molar-refractivity contribution >= 4 is 85.8 Å². The van der Waals surface area contributed by atoms with Gasteiger partial charge in [-0.15, -0.1) is 11.3 Å². The summed E-state index contributed by atoms with van der Waals surface area (Å²) in [5.41, 5.74) is 1.45. The highest BCUT2D eigenvalue weighted by atomic mass is 32.1. The van der Waals surface area contributed by atoms with Gasteiger partial charge in [0.25, 0.3) is 0 Å². The molecule has 136 valence electrons. The Balaban J connectivity index is -0.000001000. The molecule has 1 unspecified atom stereocenters. The van der Waals surface area contributed by atoms with Crippen LogP contribution in [-0.2, 0) is 0 Å².